The zero-order chi connectivity index (χ0) is 41.4. The minimum atomic E-state index is 0.524. The summed E-state index contributed by atoms with van der Waals surface area (Å²) in [7, 11) is 0. The summed E-state index contributed by atoms with van der Waals surface area (Å²) >= 11 is 0. The van der Waals surface area contributed by atoms with Gasteiger partial charge in [0, 0.05) is 49.3 Å². The zero-order valence-electron chi connectivity index (χ0n) is 33.9. The molecule has 0 spiro atoms. The second kappa shape index (κ2) is 14.0. The highest BCUT2D eigenvalue weighted by Crippen LogP contribution is 2.46. The smallest absolute Gasteiger partial charge is 0.238 e. The highest BCUT2D eigenvalue weighted by molar-refractivity contribution is 6.27. The molecule has 294 valence electrons. The standard InChI is InChI=1S/C57H35N5O/c1-4-16-36(17-5-1)37-28-30-39(31-29-37)56-58-55(38-18-6-2-7-19-38)59-57(60-56)62-49-26-14-11-24-44(49)52-53(62)45(35-47-43-23-12-15-27-51(43)63-54(47)52)40-32-33-50-46(34-40)42-22-10-13-25-48(42)61(50)41-20-8-3-9-21-41/h1-35H. The highest BCUT2D eigenvalue weighted by atomic mass is 16.3. The van der Waals surface area contributed by atoms with Crippen LogP contribution in [0.25, 0.3) is 122 Å². The first-order chi connectivity index (χ1) is 31.2. The maximum Gasteiger partial charge on any atom is 0.238 e. The summed E-state index contributed by atoms with van der Waals surface area (Å²) in [6.07, 6.45) is 0. The van der Waals surface area contributed by atoms with Crippen LogP contribution in [0, 0.1) is 0 Å². The fourth-order valence-corrected chi connectivity index (χ4v) is 9.51. The van der Waals surface area contributed by atoms with Gasteiger partial charge >= 0.3 is 0 Å². The van der Waals surface area contributed by atoms with E-state index in [2.05, 4.69) is 191 Å². The van der Waals surface area contributed by atoms with Crippen molar-refractivity contribution < 1.29 is 4.42 Å². The molecule has 0 amide bonds. The van der Waals surface area contributed by atoms with Crippen molar-refractivity contribution >= 4 is 65.6 Å². The Bertz CT molecular complexity index is 3890. The predicted octanol–water partition coefficient (Wildman–Crippen LogP) is 14.6. The molecule has 0 unspecified atom stereocenters. The number of furan rings is 1. The molecule has 0 radical (unpaired) electrons. The maximum atomic E-state index is 6.86. The first kappa shape index (κ1) is 35.2. The fraction of sp³-hybridized carbons (Fsp3) is 0. The molecular weight excluding hydrogens is 771 g/mol. The molecule has 0 N–H and O–H groups in total. The van der Waals surface area contributed by atoms with E-state index in [1.54, 1.807) is 0 Å². The summed E-state index contributed by atoms with van der Waals surface area (Å²) in [4.78, 5) is 15.8. The number of fused-ring (bicyclic) bond motifs is 10. The minimum absolute atomic E-state index is 0.524. The Morgan fingerprint density at radius 1 is 0.349 bits per heavy atom. The number of aromatic nitrogens is 5. The number of hydrogen-bond acceptors (Lipinski definition) is 4. The lowest BCUT2D eigenvalue weighted by Gasteiger charge is -2.14. The van der Waals surface area contributed by atoms with Crippen molar-refractivity contribution in [1.82, 2.24) is 24.1 Å². The third-order valence-electron chi connectivity index (χ3n) is 12.4. The van der Waals surface area contributed by atoms with E-state index in [0.29, 0.717) is 17.6 Å². The molecule has 13 rings (SSSR count). The van der Waals surface area contributed by atoms with Crippen molar-refractivity contribution in [3.8, 4) is 56.7 Å². The Labute approximate surface area is 361 Å². The first-order valence-electron chi connectivity index (χ1n) is 21.2. The van der Waals surface area contributed by atoms with E-state index >= 15 is 0 Å². The largest absolute Gasteiger partial charge is 0.455 e. The number of benzene rings is 9. The Hall–Kier alpha value is -8.61. The second-order valence-corrected chi connectivity index (χ2v) is 16.0. The summed E-state index contributed by atoms with van der Waals surface area (Å²) in [6, 6.07) is 74.4. The van der Waals surface area contributed by atoms with E-state index in [1.165, 1.54) is 10.8 Å². The van der Waals surface area contributed by atoms with Gasteiger partial charge in [0.2, 0.25) is 5.95 Å². The van der Waals surface area contributed by atoms with Crippen molar-refractivity contribution in [3.05, 3.63) is 212 Å². The lowest BCUT2D eigenvalue weighted by Crippen LogP contribution is -2.07. The summed E-state index contributed by atoms with van der Waals surface area (Å²) in [5, 5.41) is 6.56. The predicted molar refractivity (Wildman–Crippen MR) is 258 cm³/mol. The molecule has 0 fully saturated rings. The van der Waals surface area contributed by atoms with Crippen LogP contribution in [0.15, 0.2) is 217 Å². The molecule has 0 saturated carbocycles. The quantitative estimate of drug-likeness (QED) is 0.168. The van der Waals surface area contributed by atoms with Gasteiger partial charge in [-0.3, -0.25) is 4.57 Å². The molecule has 0 bridgehead atoms. The molecule has 6 heteroatoms. The van der Waals surface area contributed by atoms with Crippen LogP contribution in [0.5, 0.6) is 0 Å². The molecule has 0 aliphatic carbocycles. The van der Waals surface area contributed by atoms with Gasteiger partial charge in [-0.05, 0) is 65.2 Å². The molecular formula is C57H35N5O. The normalized spacial score (nSPS) is 11.8. The SMILES string of the molecule is c1ccc(-c2ccc(-c3nc(-c4ccccc4)nc(-n4c5ccccc5c5c6oc7ccccc7c6cc(-c6ccc7c(c6)c6ccccc6n7-c6ccccc6)c54)n3)cc2)cc1. The molecule has 0 aliphatic heterocycles. The van der Waals surface area contributed by atoms with Gasteiger partial charge in [0.25, 0.3) is 0 Å². The van der Waals surface area contributed by atoms with Crippen LogP contribution in [0.1, 0.15) is 0 Å². The summed E-state index contributed by atoms with van der Waals surface area (Å²) in [5.74, 6) is 1.71. The highest BCUT2D eigenvalue weighted by Gasteiger charge is 2.25. The monoisotopic (exact) mass is 805 g/mol. The number of rotatable bonds is 6. The molecule has 4 aromatic heterocycles. The Balaban J connectivity index is 1.13. The van der Waals surface area contributed by atoms with Gasteiger partial charge < -0.3 is 8.98 Å². The minimum Gasteiger partial charge on any atom is -0.455 e. The lowest BCUT2D eigenvalue weighted by molar-refractivity contribution is 0.673. The summed E-state index contributed by atoms with van der Waals surface area (Å²) < 4.78 is 11.4. The third-order valence-corrected chi connectivity index (χ3v) is 12.4. The Kier molecular flexibility index (Phi) is 7.80. The van der Waals surface area contributed by atoms with Crippen LogP contribution in [-0.2, 0) is 0 Å². The van der Waals surface area contributed by atoms with Crippen LogP contribution in [-0.4, -0.2) is 24.1 Å². The van der Waals surface area contributed by atoms with Crippen LogP contribution in [0.4, 0.5) is 0 Å². The first-order valence-corrected chi connectivity index (χ1v) is 21.2. The van der Waals surface area contributed by atoms with Crippen molar-refractivity contribution in [2.45, 2.75) is 0 Å². The Morgan fingerprint density at radius 3 is 1.60 bits per heavy atom. The molecule has 9 aromatic carbocycles. The fourth-order valence-electron chi connectivity index (χ4n) is 9.51. The van der Waals surface area contributed by atoms with E-state index in [0.717, 1.165) is 93.8 Å². The van der Waals surface area contributed by atoms with Crippen LogP contribution in [0.3, 0.4) is 0 Å². The van der Waals surface area contributed by atoms with Gasteiger partial charge in [-0.25, -0.2) is 4.98 Å². The molecule has 13 aromatic rings. The molecule has 0 atom stereocenters. The van der Waals surface area contributed by atoms with E-state index in [9.17, 15) is 0 Å². The number of nitrogens with zero attached hydrogens (tertiary/aromatic N) is 5. The van der Waals surface area contributed by atoms with Gasteiger partial charge in [0.1, 0.15) is 11.2 Å². The van der Waals surface area contributed by atoms with Gasteiger partial charge in [0.15, 0.2) is 11.6 Å². The van der Waals surface area contributed by atoms with Gasteiger partial charge in [-0.1, -0.05) is 164 Å². The second-order valence-electron chi connectivity index (χ2n) is 16.0. The van der Waals surface area contributed by atoms with Gasteiger partial charge in [0.05, 0.1) is 27.5 Å². The zero-order valence-corrected chi connectivity index (χ0v) is 33.9. The van der Waals surface area contributed by atoms with Crippen LogP contribution in [0.2, 0.25) is 0 Å². The number of para-hydroxylation sites is 4. The Morgan fingerprint density at radius 2 is 0.873 bits per heavy atom. The summed E-state index contributed by atoms with van der Waals surface area (Å²) in [6.45, 7) is 0. The van der Waals surface area contributed by atoms with E-state index in [1.807, 2.05) is 30.3 Å². The van der Waals surface area contributed by atoms with E-state index < -0.39 is 0 Å². The van der Waals surface area contributed by atoms with E-state index in [4.69, 9.17) is 19.4 Å². The van der Waals surface area contributed by atoms with Gasteiger partial charge in [-0.15, -0.1) is 0 Å². The van der Waals surface area contributed by atoms with E-state index in [-0.39, 0.29) is 0 Å². The maximum absolute atomic E-state index is 6.86. The molecule has 63 heavy (non-hydrogen) atoms. The molecule has 4 heterocycles. The van der Waals surface area contributed by atoms with Crippen molar-refractivity contribution in [1.29, 1.82) is 0 Å². The average Bonchev–Trinajstić information content (AvgIpc) is 4.02. The van der Waals surface area contributed by atoms with Crippen LogP contribution < -0.4 is 0 Å². The van der Waals surface area contributed by atoms with Crippen LogP contribution >= 0.6 is 0 Å². The van der Waals surface area contributed by atoms with Crippen molar-refractivity contribution in [2.75, 3.05) is 0 Å². The topological polar surface area (TPSA) is 61.7 Å². The average molecular weight is 806 g/mol. The van der Waals surface area contributed by atoms with Crippen molar-refractivity contribution in [2.24, 2.45) is 0 Å². The van der Waals surface area contributed by atoms with Crippen molar-refractivity contribution in [3.63, 3.8) is 0 Å². The number of hydrogen-bond donors (Lipinski definition) is 0. The summed E-state index contributed by atoms with van der Waals surface area (Å²) in [5.41, 5.74) is 13.3. The molecule has 0 aliphatic rings. The molecule has 6 nitrogen and oxygen atoms in total. The third kappa shape index (κ3) is 5.55. The lowest BCUT2D eigenvalue weighted by atomic mass is 9.97. The molecule has 0 saturated heterocycles. The van der Waals surface area contributed by atoms with Gasteiger partial charge in [-0.2, -0.15) is 9.97 Å².